The van der Waals surface area contributed by atoms with E-state index in [2.05, 4.69) is 17.6 Å². The lowest BCUT2D eigenvalue weighted by Crippen LogP contribution is -2.18. The molecule has 4 heteroatoms. The number of aromatic nitrogens is 2. The van der Waals surface area contributed by atoms with Crippen molar-refractivity contribution >= 4 is 16.7 Å². The number of ether oxygens (including phenoxy) is 1. The number of nitrogen functional groups attached to an aromatic ring is 1. The van der Waals surface area contributed by atoms with E-state index in [9.17, 15) is 0 Å². The van der Waals surface area contributed by atoms with Crippen LogP contribution in [0.3, 0.4) is 0 Å². The van der Waals surface area contributed by atoms with Gasteiger partial charge in [0.25, 0.3) is 0 Å². The normalized spacial score (nSPS) is 27.2. The van der Waals surface area contributed by atoms with E-state index in [0.717, 1.165) is 24.2 Å². The molecule has 2 aromatic rings. The van der Waals surface area contributed by atoms with Crippen LogP contribution in [-0.4, -0.2) is 22.3 Å². The largest absolute Gasteiger partial charge is 0.399 e. The zero-order valence-corrected chi connectivity index (χ0v) is 11.2. The van der Waals surface area contributed by atoms with Gasteiger partial charge in [-0.15, -0.1) is 0 Å². The topological polar surface area (TPSA) is 53.1 Å². The van der Waals surface area contributed by atoms with Gasteiger partial charge < -0.3 is 15.0 Å². The second kappa shape index (κ2) is 3.97. The van der Waals surface area contributed by atoms with E-state index < -0.39 is 0 Å². The molecule has 0 radical (unpaired) electrons. The van der Waals surface area contributed by atoms with Gasteiger partial charge in [0.15, 0.2) is 0 Å². The van der Waals surface area contributed by atoms with Crippen LogP contribution in [-0.2, 0) is 4.74 Å². The number of hydrogen-bond acceptors (Lipinski definition) is 3. The first-order chi connectivity index (χ1) is 9.24. The fraction of sp³-hybridized carbons (Fsp3) is 0.533. The van der Waals surface area contributed by atoms with Crippen molar-refractivity contribution in [1.82, 2.24) is 9.55 Å². The molecule has 2 fully saturated rings. The molecule has 19 heavy (non-hydrogen) atoms. The predicted molar refractivity (Wildman–Crippen MR) is 75.2 cm³/mol. The molecule has 4 rings (SSSR count). The Morgan fingerprint density at radius 2 is 2.16 bits per heavy atom. The number of benzene rings is 1. The van der Waals surface area contributed by atoms with Crippen LogP contribution in [0.15, 0.2) is 18.2 Å². The average Bonchev–Trinajstić information content (AvgIpc) is 3.05. The Morgan fingerprint density at radius 3 is 2.84 bits per heavy atom. The molecule has 0 bridgehead atoms. The molecule has 1 aromatic heterocycles. The molecule has 2 N–H and O–H groups in total. The fourth-order valence-electron chi connectivity index (χ4n) is 3.17. The van der Waals surface area contributed by atoms with E-state index in [4.69, 9.17) is 15.5 Å². The molecule has 0 spiro atoms. The monoisotopic (exact) mass is 257 g/mol. The highest BCUT2D eigenvalue weighted by Gasteiger charge is 2.35. The smallest absolute Gasteiger partial charge is 0.113 e. The zero-order chi connectivity index (χ0) is 13.0. The molecule has 1 aliphatic carbocycles. The maximum Gasteiger partial charge on any atom is 0.113 e. The summed E-state index contributed by atoms with van der Waals surface area (Å²) in [5.74, 6) is 1.88. The molecule has 1 saturated heterocycles. The Bertz CT molecular complexity index is 630. The Morgan fingerprint density at radius 1 is 1.32 bits per heavy atom. The lowest BCUT2D eigenvalue weighted by atomic mass is 10.1. The number of rotatable bonds is 2. The molecule has 4 nitrogen and oxygen atoms in total. The Kier molecular flexibility index (Phi) is 2.36. The summed E-state index contributed by atoms with van der Waals surface area (Å²) in [5, 5.41) is 0. The van der Waals surface area contributed by atoms with Gasteiger partial charge in [0.05, 0.1) is 23.2 Å². The Labute approximate surface area is 112 Å². The maximum absolute atomic E-state index is 5.88. The molecule has 100 valence electrons. The van der Waals surface area contributed by atoms with Gasteiger partial charge in [0, 0.05) is 18.2 Å². The lowest BCUT2D eigenvalue weighted by Gasteiger charge is -2.19. The van der Waals surface area contributed by atoms with Gasteiger partial charge in [-0.1, -0.05) is 0 Å². The minimum atomic E-state index is 0.271. The van der Waals surface area contributed by atoms with Crippen LogP contribution in [0.5, 0.6) is 0 Å². The van der Waals surface area contributed by atoms with Gasteiger partial charge in [0.2, 0.25) is 0 Å². The van der Waals surface area contributed by atoms with E-state index in [1.807, 2.05) is 12.1 Å². The molecule has 2 atom stereocenters. The zero-order valence-electron chi connectivity index (χ0n) is 11.2. The Hall–Kier alpha value is -1.55. The van der Waals surface area contributed by atoms with Gasteiger partial charge in [-0.2, -0.15) is 0 Å². The highest BCUT2D eigenvalue weighted by atomic mass is 16.5. The maximum atomic E-state index is 5.88. The minimum absolute atomic E-state index is 0.271. The summed E-state index contributed by atoms with van der Waals surface area (Å²) in [6, 6.07) is 6.48. The van der Waals surface area contributed by atoms with Gasteiger partial charge >= 0.3 is 0 Å². The van der Waals surface area contributed by atoms with E-state index in [1.54, 1.807) is 0 Å². The van der Waals surface area contributed by atoms with E-state index in [1.165, 1.54) is 24.2 Å². The highest BCUT2D eigenvalue weighted by Crippen LogP contribution is 2.43. The van der Waals surface area contributed by atoms with Crippen molar-refractivity contribution in [3.8, 4) is 0 Å². The summed E-state index contributed by atoms with van der Waals surface area (Å²) < 4.78 is 8.16. The molecule has 1 aromatic carbocycles. The van der Waals surface area contributed by atoms with Crippen molar-refractivity contribution in [3.63, 3.8) is 0 Å². The summed E-state index contributed by atoms with van der Waals surface area (Å²) in [4.78, 5) is 4.84. The van der Waals surface area contributed by atoms with Crippen molar-refractivity contribution in [2.45, 2.75) is 44.2 Å². The quantitative estimate of drug-likeness (QED) is 0.842. The van der Waals surface area contributed by atoms with Crippen molar-refractivity contribution in [2.24, 2.45) is 0 Å². The molecule has 2 aliphatic rings. The number of anilines is 1. The summed E-state index contributed by atoms with van der Waals surface area (Å²) in [7, 11) is 0. The average molecular weight is 257 g/mol. The number of nitrogens with zero attached hydrogens (tertiary/aromatic N) is 2. The SMILES string of the molecule is CC1OCCC1n1c(C2CC2)nc2cc(N)ccc21. The van der Waals surface area contributed by atoms with Crippen molar-refractivity contribution in [1.29, 1.82) is 0 Å². The van der Waals surface area contributed by atoms with Crippen molar-refractivity contribution in [3.05, 3.63) is 24.0 Å². The third-order valence-corrected chi connectivity index (χ3v) is 4.35. The summed E-state index contributed by atoms with van der Waals surface area (Å²) in [5.41, 5.74) is 8.90. The molecular formula is C15H19N3O. The molecule has 1 aliphatic heterocycles. The summed E-state index contributed by atoms with van der Waals surface area (Å²) >= 11 is 0. The van der Waals surface area contributed by atoms with E-state index in [-0.39, 0.29) is 6.10 Å². The first-order valence-electron chi connectivity index (χ1n) is 7.13. The summed E-state index contributed by atoms with van der Waals surface area (Å²) in [6.45, 7) is 3.02. The van der Waals surface area contributed by atoms with E-state index in [0.29, 0.717) is 12.0 Å². The molecule has 1 saturated carbocycles. The van der Waals surface area contributed by atoms with Crippen molar-refractivity contribution < 1.29 is 4.74 Å². The van der Waals surface area contributed by atoms with Crippen LogP contribution in [0.25, 0.3) is 11.0 Å². The number of imidazole rings is 1. The van der Waals surface area contributed by atoms with Crippen LogP contribution < -0.4 is 5.73 Å². The molecule has 2 unspecified atom stereocenters. The van der Waals surface area contributed by atoms with Crippen LogP contribution in [0.1, 0.15) is 44.0 Å². The minimum Gasteiger partial charge on any atom is -0.399 e. The number of hydrogen-bond donors (Lipinski definition) is 1. The first kappa shape index (κ1) is 11.3. The van der Waals surface area contributed by atoms with Gasteiger partial charge in [0.1, 0.15) is 5.82 Å². The number of nitrogens with two attached hydrogens (primary N) is 1. The van der Waals surface area contributed by atoms with Gasteiger partial charge in [-0.05, 0) is 44.4 Å². The van der Waals surface area contributed by atoms with E-state index >= 15 is 0 Å². The second-order valence-electron chi connectivity index (χ2n) is 5.79. The first-order valence-corrected chi connectivity index (χ1v) is 7.13. The fourth-order valence-corrected chi connectivity index (χ4v) is 3.17. The third kappa shape index (κ3) is 1.74. The van der Waals surface area contributed by atoms with Crippen LogP contribution in [0, 0.1) is 0 Å². The van der Waals surface area contributed by atoms with Crippen LogP contribution >= 0.6 is 0 Å². The summed E-state index contributed by atoms with van der Waals surface area (Å²) in [6.07, 6.45) is 3.88. The Balaban J connectivity index is 1.92. The van der Waals surface area contributed by atoms with Gasteiger partial charge in [-0.3, -0.25) is 0 Å². The van der Waals surface area contributed by atoms with Crippen LogP contribution in [0.4, 0.5) is 5.69 Å². The standard InChI is InChI=1S/C15H19N3O/c1-9-13(6-7-19-9)18-14-5-4-11(16)8-12(14)17-15(18)10-2-3-10/h4-5,8-10,13H,2-3,6-7,16H2,1H3. The number of fused-ring (bicyclic) bond motifs is 1. The molecule has 2 heterocycles. The van der Waals surface area contributed by atoms with Crippen molar-refractivity contribution in [2.75, 3.05) is 12.3 Å². The molecular weight excluding hydrogens is 238 g/mol. The van der Waals surface area contributed by atoms with Crippen LogP contribution in [0.2, 0.25) is 0 Å². The predicted octanol–water partition coefficient (Wildman–Crippen LogP) is 2.85. The lowest BCUT2D eigenvalue weighted by molar-refractivity contribution is 0.108. The molecule has 0 amide bonds. The second-order valence-corrected chi connectivity index (χ2v) is 5.79. The highest BCUT2D eigenvalue weighted by molar-refractivity contribution is 5.80. The third-order valence-electron chi connectivity index (χ3n) is 4.35. The van der Waals surface area contributed by atoms with Gasteiger partial charge in [-0.25, -0.2) is 4.98 Å².